The summed E-state index contributed by atoms with van der Waals surface area (Å²) in [5, 5.41) is 3.67. The molecule has 0 aromatic heterocycles. The molecule has 1 aliphatic heterocycles. The molecule has 0 saturated heterocycles. The molecule has 0 aliphatic carbocycles. The van der Waals surface area contributed by atoms with Crippen molar-refractivity contribution in [2.75, 3.05) is 11.9 Å². The van der Waals surface area contributed by atoms with Crippen molar-refractivity contribution < 1.29 is 9.59 Å². The summed E-state index contributed by atoms with van der Waals surface area (Å²) in [6, 6.07) is 23.2. The molecule has 0 saturated carbocycles. The highest BCUT2D eigenvalue weighted by atomic mass is 35.5. The number of likely N-dealkylation sites (N-methyl/N-ethyl adjacent to an activating group) is 1. The van der Waals surface area contributed by atoms with Gasteiger partial charge >= 0.3 is 0 Å². The summed E-state index contributed by atoms with van der Waals surface area (Å²) in [5.41, 5.74) is 3.32. The lowest BCUT2D eigenvalue weighted by molar-refractivity contribution is -0.114. The number of halogens is 1. The zero-order valence-electron chi connectivity index (χ0n) is 18.5. The molecule has 0 spiro atoms. The SMILES string of the molecule is CC(CCc1ccccc1)NC(=O)c1ccc2c(c1)N(C)C(=O)/C(=C/c1ccccc1Cl)S2. The van der Waals surface area contributed by atoms with Gasteiger partial charge in [-0.2, -0.15) is 0 Å². The van der Waals surface area contributed by atoms with Crippen LogP contribution in [-0.2, 0) is 11.2 Å². The van der Waals surface area contributed by atoms with Gasteiger partial charge in [0.1, 0.15) is 0 Å². The van der Waals surface area contributed by atoms with E-state index in [1.165, 1.54) is 17.3 Å². The number of rotatable bonds is 6. The zero-order valence-corrected chi connectivity index (χ0v) is 20.1. The average Bonchev–Trinajstić information content (AvgIpc) is 2.83. The van der Waals surface area contributed by atoms with Crippen LogP contribution >= 0.6 is 23.4 Å². The molecule has 3 aromatic carbocycles. The van der Waals surface area contributed by atoms with E-state index in [-0.39, 0.29) is 17.9 Å². The average molecular weight is 477 g/mol. The van der Waals surface area contributed by atoms with E-state index in [1.54, 1.807) is 24.1 Å². The Morgan fingerprint density at radius 2 is 1.82 bits per heavy atom. The summed E-state index contributed by atoms with van der Waals surface area (Å²) in [6.45, 7) is 2.01. The number of carbonyl (C=O) groups is 2. The standard InChI is InChI=1S/C27H25ClN2O2S/c1-18(12-13-19-8-4-3-5-9-19)29-26(31)21-14-15-24-23(16-21)30(2)27(32)25(33-24)17-20-10-6-7-11-22(20)28/h3-11,14-18H,12-13H2,1-2H3,(H,29,31)/b25-17-. The van der Waals surface area contributed by atoms with Crippen molar-refractivity contribution in [3.05, 3.63) is 99.4 Å². The van der Waals surface area contributed by atoms with Crippen molar-refractivity contribution >= 4 is 46.9 Å². The number of nitrogens with one attached hydrogen (secondary N) is 1. The van der Waals surface area contributed by atoms with Crippen LogP contribution in [-0.4, -0.2) is 24.9 Å². The molecule has 4 nitrogen and oxygen atoms in total. The van der Waals surface area contributed by atoms with E-state index in [0.717, 1.165) is 29.0 Å². The topological polar surface area (TPSA) is 49.4 Å². The first-order valence-electron chi connectivity index (χ1n) is 10.8. The van der Waals surface area contributed by atoms with Gasteiger partial charge in [-0.05, 0) is 61.2 Å². The Morgan fingerprint density at radius 3 is 2.58 bits per heavy atom. The van der Waals surface area contributed by atoms with Crippen LogP contribution in [0.4, 0.5) is 5.69 Å². The third-order valence-corrected chi connectivity index (χ3v) is 7.02. The number of fused-ring (bicyclic) bond motifs is 1. The summed E-state index contributed by atoms with van der Waals surface area (Å²) in [4.78, 5) is 28.9. The monoisotopic (exact) mass is 476 g/mol. The van der Waals surface area contributed by atoms with Gasteiger partial charge in [-0.25, -0.2) is 0 Å². The highest BCUT2D eigenvalue weighted by Crippen LogP contribution is 2.42. The molecule has 168 valence electrons. The highest BCUT2D eigenvalue weighted by molar-refractivity contribution is 8.04. The van der Waals surface area contributed by atoms with Crippen LogP contribution in [0.15, 0.2) is 82.6 Å². The number of hydrogen-bond donors (Lipinski definition) is 1. The molecule has 6 heteroatoms. The molecule has 0 radical (unpaired) electrons. The molecule has 0 fully saturated rings. The van der Waals surface area contributed by atoms with Gasteiger partial charge in [-0.3, -0.25) is 9.59 Å². The molecule has 0 bridgehead atoms. The Hall–Kier alpha value is -3.02. The van der Waals surface area contributed by atoms with Gasteiger partial charge in [-0.1, -0.05) is 71.9 Å². The van der Waals surface area contributed by atoms with Crippen molar-refractivity contribution in [3.8, 4) is 0 Å². The number of benzene rings is 3. The molecule has 1 aliphatic rings. The summed E-state index contributed by atoms with van der Waals surface area (Å²) < 4.78 is 0. The fraction of sp³-hybridized carbons (Fsp3) is 0.185. The number of hydrogen-bond acceptors (Lipinski definition) is 3. The van der Waals surface area contributed by atoms with E-state index in [9.17, 15) is 9.59 Å². The van der Waals surface area contributed by atoms with Gasteiger partial charge in [-0.15, -0.1) is 0 Å². The lowest BCUT2D eigenvalue weighted by Gasteiger charge is -2.27. The summed E-state index contributed by atoms with van der Waals surface area (Å²) >= 11 is 7.65. The van der Waals surface area contributed by atoms with Gasteiger partial charge in [0.05, 0.1) is 10.6 Å². The molecule has 33 heavy (non-hydrogen) atoms. The number of aryl methyl sites for hydroxylation is 1. The van der Waals surface area contributed by atoms with Crippen LogP contribution in [0.3, 0.4) is 0 Å². The van der Waals surface area contributed by atoms with Crippen molar-refractivity contribution in [3.63, 3.8) is 0 Å². The van der Waals surface area contributed by atoms with Crippen LogP contribution in [0, 0.1) is 0 Å². The predicted molar refractivity (Wildman–Crippen MR) is 137 cm³/mol. The fourth-order valence-electron chi connectivity index (χ4n) is 3.68. The van der Waals surface area contributed by atoms with Gasteiger partial charge < -0.3 is 10.2 Å². The normalized spacial score (nSPS) is 15.3. The number of nitrogens with zero attached hydrogens (tertiary/aromatic N) is 1. The summed E-state index contributed by atoms with van der Waals surface area (Å²) in [6.07, 6.45) is 3.57. The van der Waals surface area contributed by atoms with Crippen LogP contribution < -0.4 is 10.2 Å². The maximum absolute atomic E-state index is 13.0. The number of amides is 2. The minimum Gasteiger partial charge on any atom is -0.350 e. The minimum atomic E-state index is -0.137. The molecule has 2 amide bonds. The molecule has 3 aromatic rings. The first-order valence-corrected chi connectivity index (χ1v) is 12.0. The van der Waals surface area contributed by atoms with Gasteiger partial charge in [0.15, 0.2) is 0 Å². The van der Waals surface area contributed by atoms with Crippen molar-refractivity contribution in [2.24, 2.45) is 0 Å². The number of anilines is 1. The Kier molecular flexibility index (Phi) is 7.21. The van der Waals surface area contributed by atoms with Crippen LogP contribution in [0.5, 0.6) is 0 Å². The Labute approximate surface area is 203 Å². The lowest BCUT2D eigenvalue weighted by Crippen LogP contribution is -2.34. The van der Waals surface area contributed by atoms with Crippen molar-refractivity contribution in [2.45, 2.75) is 30.7 Å². The van der Waals surface area contributed by atoms with Crippen molar-refractivity contribution in [1.82, 2.24) is 5.32 Å². The second kappa shape index (κ2) is 10.3. The molecular weight excluding hydrogens is 452 g/mol. The lowest BCUT2D eigenvalue weighted by atomic mass is 10.1. The van der Waals surface area contributed by atoms with E-state index < -0.39 is 0 Å². The van der Waals surface area contributed by atoms with E-state index in [4.69, 9.17) is 11.6 Å². The second-order valence-electron chi connectivity index (χ2n) is 8.08. The Morgan fingerprint density at radius 1 is 1.09 bits per heavy atom. The van der Waals surface area contributed by atoms with Crippen molar-refractivity contribution in [1.29, 1.82) is 0 Å². The van der Waals surface area contributed by atoms with Crippen LogP contribution in [0.2, 0.25) is 5.02 Å². The van der Waals surface area contributed by atoms with Crippen LogP contribution in [0.1, 0.15) is 34.8 Å². The second-order valence-corrected chi connectivity index (χ2v) is 9.57. The quantitative estimate of drug-likeness (QED) is 0.431. The number of carbonyl (C=O) groups excluding carboxylic acids is 2. The number of thioether (sulfide) groups is 1. The third kappa shape index (κ3) is 5.49. The largest absolute Gasteiger partial charge is 0.350 e. The molecular formula is C27H25ClN2O2S. The predicted octanol–water partition coefficient (Wildman–Crippen LogP) is 6.20. The van der Waals surface area contributed by atoms with E-state index >= 15 is 0 Å². The molecule has 1 unspecified atom stereocenters. The smallest absolute Gasteiger partial charge is 0.264 e. The summed E-state index contributed by atoms with van der Waals surface area (Å²) in [5.74, 6) is -0.261. The zero-order chi connectivity index (χ0) is 23.4. The first kappa shape index (κ1) is 23.1. The molecule has 4 rings (SSSR count). The van der Waals surface area contributed by atoms with E-state index in [1.807, 2.05) is 61.5 Å². The maximum atomic E-state index is 13.0. The molecule has 1 atom stereocenters. The third-order valence-electron chi connectivity index (χ3n) is 5.60. The van der Waals surface area contributed by atoms with Gasteiger partial charge in [0.2, 0.25) is 0 Å². The fourth-order valence-corrected chi connectivity index (χ4v) is 4.95. The summed E-state index contributed by atoms with van der Waals surface area (Å²) in [7, 11) is 1.73. The Bertz CT molecular complexity index is 1210. The maximum Gasteiger partial charge on any atom is 0.264 e. The highest BCUT2D eigenvalue weighted by Gasteiger charge is 2.27. The first-order chi connectivity index (χ1) is 15.9. The molecule has 1 N–H and O–H groups in total. The molecule has 1 heterocycles. The van der Waals surface area contributed by atoms with Gasteiger partial charge in [0, 0.05) is 28.6 Å². The van der Waals surface area contributed by atoms with E-state index in [0.29, 0.717) is 15.5 Å². The minimum absolute atomic E-state index is 0.0348. The van der Waals surface area contributed by atoms with Crippen LogP contribution in [0.25, 0.3) is 6.08 Å². The van der Waals surface area contributed by atoms with Gasteiger partial charge in [0.25, 0.3) is 11.8 Å². The van der Waals surface area contributed by atoms with E-state index in [2.05, 4.69) is 17.4 Å². The Balaban J connectivity index is 1.46.